The van der Waals surface area contributed by atoms with Crippen LogP contribution in [0.3, 0.4) is 0 Å². The molecule has 5 nitrogen and oxygen atoms in total. The van der Waals surface area contributed by atoms with Gasteiger partial charge in [-0.2, -0.15) is 0 Å². The number of anilines is 1. The van der Waals surface area contributed by atoms with E-state index in [2.05, 4.69) is 10.3 Å². The summed E-state index contributed by atoms with van der Waals surface area (Å²) < 4.78 is 0. The Labute approximate surface area is 164 Å². The van der Waals surface area contributed by atoms with Crippen LogP contribution < -0.4 is 5.32 Å². The highest BCUT2D eigenvalue weighted by Gasteiger charge is 2.27. The van der Waals surface area contributed by atoms with Gasteiger partial charge < -0.3 is 10.4 Å². The molecule has 1 aromatic heterocycles. The molecule has 3 rings (SSSR count). The van der Waals surface area contributed by atoms with Gasteiger partial charge in [0.05, 0.1) is 17.2 Å². The van der Waals surface area contributed by atoms with Crippen molar-refractivity contribution in [2.24, 2.45) is 0 Å². The number of pyridine rings is 1. The molecule has 0 aliphatic rings. The van der Waals surface area contributed by atoms with Gasteiger partial charge in [-0.15, -0.1) is 0 Å². The normalized spacial score (nSPS) is 11.6. The van der Waals surface area contributed by atoms with Crippen LogP contribution in [-0.2, 0) is 4.79 Å². The lowest BCUT2D eigenvalue weighted by Gasteiger charge is -2.18. The number of hydrogen-bond donors (Lipinski definition) is 2. The smallest absolute Gasteiger partial charge is 0.233 e. The molecule has 0 aliphatic heterocycles. The second-order valence-electron chi connectivity index (χ2n) is 6.71. The largest absolute Gasteiger partial charge is 0.507 e. The molecule has 142 valence electrons. The van der Waals surface area contributed by atoms with Crippen molar-refractivity contribution in [3.05, 3.63) is 89.2 Å². The third kappa shape index (κ3) is 4.26. The first-order valence-electron chi connectivity index (χ1n) is 9.06. The van der Waals surface area contributed by atoms with Crippen molar-refractivity contribution in [3.63, 3.8) is 0 Å². The standard InChI is InChI=1S/C23H22N2O3/c1-15-8-7-9-16(2)22(15)25-23(28)18(19-11-5-6-13-24-19)14-21(27)17-10-3-4-12-20(17)26/h3-13,18,26H,14H2,1-2H3,(H,25,28). The van der Waals surface area contributed by atoms with Crippen molar-refractivity contribution in [3.8, 4) is 5.75 Å². The number of phenols is 1. The van der Waals surface area contributed by atoms with E-state index in [1.165, 1.54) is 6.07 Å². The molecule has 0 aliphatic carbocycles. The molecule has 2 N–H and O–H groups in total. The van der Waals surface area contributed by atoms with Gasteiger partial charge in [0.2, 0.25) is 5.91 Å². The maximum absolute atomic E-state index is 13.1. The van der Waals surface area contributed by atoms with E-state index < -0.39 is 5.92 Å². The molecule has 0 saturated carbocycles. The van der Waals surface area contributed by atoms with Crippen LogP contribution in [0.15, 0.2) is 66.9 Å². The van der Waals surface area contributed by atoms with E-state index in [0.29, 0.717) is 5.69 Å². The number of ketones is 1. The highest BCUT2D eigenvalue weighted by atomic mass is 16.3. The summed E-state index contributed by atoms with van der Waals surface area (Å²) in [4.78, 5) is 30.2. The van der Waals surface area contributed by atoms with Crippen LogP contribution in [-0.4, -0.2) is 21.8 Å². The molecule has 0 spiro atoms. The Hall–Kier alpha value is -3.47. The van der Waals surface area contributed by atoms with E-state index in [1.807, 2.05) is 32.0 Å². The lowest BCUT2D eigenvalue weighted by molar-refractivity contribution is -0.117. The Balaban J connectivity index is 1.90. The summed E-state index contributed by atoms with van der Waals surface area (Å²) >= 11 is 0. The van der Waals surface area contributed by atoms with Gasteiger partial charge in [-0.3, -0.25) is 14.6 Å². The van der Waals surface area contributed by atoms with Crippen LogP contribution in [0.5, 0.6) is 5.75 Å². The molecular formula is C23H22N2O3. The lowest BCUT2D eigenvalue weighted by Crippen LogP contribution is -2.25. The van der Waals surface area contributed by atoms with Crippen molar-refractivity contribution in [2.75, 3.05) is 5.32 Å². The minimum atomic E-state index is -0.771. The zero-order valence-corrected chi connectivity index (χ0v) is 15.8. The van der Waals surface area contributed by atoms with Crippen molar-refractivity contribution in [1.82, 2.24) is 4.98 Å². The summed E-state index contributed by atoms with van der Waals surface area (Å²) in [5.41, 5.74) is 3.34. The Kier molecular flexibility index (Phi) is 5.84. The molecule has 0 fully saturated rings. The van der Waals surface area contributed by atoms with Crippen molar-refractivity contribution >= 4 is 17.4 Å². The Morgan fingerprint density at radius 1 is 0.964 bits per heavy atom. The summed E-state index contributed by atoms with van der Waals surface area (Å²) in [5, 5.41) is 12.9. The first kappa shape index (κ1) is 19.3. The number of benzene rings is 2. The van der Waals surface area contributed by atoms with E-state index in [9.17, 15) is 14.7 Å². The average molecular weight is 374 g/mol. The molecule has 0 saturated heterocycles. The number of nitrogens with zero attached hydrogens (tertiary/aromatic N) is 1. The van der Waals surface area contributed by atoms with Crippen LogP contribution in [0, 0.1) is 13.8 Å². The third-order valence-electron chi connectivity index (χ3n) is 4.68. The molecule has 1 unspecified atom stereocenters. The maximum Gasteiger partial charge on any atom is 0.233 e. The number of aromatic hydroxyl groups is 1. The average Bonchev–Trinajstić information content (AvgIpc) is 2.69. The molecule has 28 heavy (non-hydrogen) atoms. The summed E-state index contributed by atoms with van der Waals surface area (Å²) in [5.74, 6) is -1.49. The van der Waals surface area contributed by atoms with Crippen LogP contribution in [0.1, 0.15) is 39.5 Å². The minimum Gasteiger partial charge on any atom is -0.507 e. The van der Waals surface area contributed by atoms with Crippen LogP contribution >= 0.6 is 0 Å². The molecule has 1 heterocycles. The van der Waals surface area contributed by atoms with E-state index >= 15 is 0 Å². The monoisotopic (exact) mass is 374 g/mol. The summed E-state index contributed by atoms with van der Waals surface area (Å²) in [6, 6.07) is 17.4. The van der Waals surface area contributed by atoms with Crippen LogP contribution in [0.25, 0.3) is 0 Å². The Morgan fingerprint density at radius 2 is 1.64 bits per heavy atom. The second-order valence-corrected chi connectivity index (χ2v) is 6.71. The summed E-state index contributed by atoms with van der Waals surface area (Å²) in [6.45, 7) is 3.84. The number of rotatable bonds is 6. The van der Waals surface area contributed by atoms with E-state index in [1.54, 1.807) is 42.6 Å². The highest BCUT2D eigenvalue weighted by Crippen LogP contribution is 2.27. The highest BCUT2D eigenvalue weighted by molar-refractivity contribution is 6.04. The summed E-state index contributed by atoms with van der Waals surface area (Å²) in [6.07, 6.45) is 1.50. The van der Waals surface area contributed by atoms with Crippen molar-refractivity contribution in [1.29, 1.82) is 0 Å². The molecule has 0 radical (unpaired) electrons. The number of phenolic OH excluding ortho intramolecular Hbond substituents is 1. The zero-order valence-electron chi connectivity index (χ0n) is 15.8. The van der Waals surface area contributed by atoms with Gasteiger partial charge in [0.25, 0.3) is 0 Å². The van der Waals surface area contributed by atoms with Crippen molar-refractivity contribution < 1.29 is 14.7 Å². The van der Waals surface area contributed by atoms with Crippen LogP contribution in [0.4, 0.5) is 5.69 Å². The fraction of sp³-hybridized carbons (Fsp3) is 0.174. The SMILES string of the molecule is Cc1cccc(C)c1NC(=O)C(CC(=O)c1ccccc1O)c1ccccn1. The van der Waals surface area contributed by atoms with Gasteiger partial charge in [-0.25, -0.2) is 0 Å². The first-order valence-corrected chi connectivity index (χ1v) is 9.06. The van der Waals surface area contributed by atoms with Gasteiger partial charge >= 0.3 is 0 Å². The number of nitrogens with one attached hydrogen (secondary N) is 1. The Bertz CT molecular complexity index is 979. The van der Waals surface area contributed by atoms with Crippen LogP contribution in [0.2, 0.25) is 0 Å². The fourth-order valence-corrected chi connectivity index (χ4v) is 3.14. The lowest BCUT2D eigenvalue weighted by atomic mass is 9.93. The van der Waals surface area contributed by atoms with Gasteiger partial charge in [0.15, 0.2) is 5.78 Å². The second kappa shape index (κ2) is 8.48. The summed E-state index contributed by atoms with van der Waals surface area (Å²) in [7, 11) is 0. The van der Waals surface area contributed by atoms with E-state index in [0.717, 1.165) is 16.8 Å². The molecule has 0 bridgehead atoms. The van der Waals surface area contributed by atoms with Gasteiger partial charge in [0, 0.05) is 18.3 Å². The number of Topliss-reactive ketones (excluding diaryl/α,β-unsaturated/α-hetero) is 1. The zero-order chi connectivity index (χ0) is 20.1. The molecular weight excluding hydrogens is 352 g/mol. The van der Waals surface area contributed by atoms with E-state index in [4.69, 9.17) is 0 Å². The maximum atomic E-state index is 13.1. The topological polar surface area (TPSA) is 79.3 Å². The number of aryl methyl sites for hydroxylation is 2. The number of para-hydroxylation sites is 2. The number of carbonyl (C=O) groups excluding carboxylic acids is 2. The molecule has 3 aromatic rings. The Morgan fingerprint density at radius 3 is 2.29 bits per heavy atom. The van der Waals surface area contributed by atoms with Gasteiger partial charge in [-0.1, -0.05) is 36.4 Å². The first-order chi connectivity index (χ1) is 13.5. The number of aromatic nitrogens is 1. The van der Waals surface area contributed by atoms with Gasteiger partial charge in [0.1, 0.15) is 5.75 Å². The number of carbonyl (C=O) groups is 2. The van der Waals surface area contributed by atoms with Gasteiger partial charge in [-0.05, 0) is 49.2 Å². The molecule has 1 atom stereocenters. The third-order valence-corrected chi connectivity index (χ3v) is 4.68. The molecule has 5 heteroatoms. The molecule has 1 amide bonds. The predicted molar refractivity (Wildman–Crippen MR) is 109 cm³/mol. The quantitative estimate of drug-likeness (QED) is 0.627. The molecule has 2 aromatic carbocycles. The predicted octanol–water partition coefficient (Wildman–Crippen LogP) is 4.40. The van der Waals surface area contributed by atoms with Crippen molar-refractivity contribution in [2.45, 2.75) is 26.2 Å². The van der Waals surface area contributed by atoms with E-state index in [-0.39, 0.29) is 29.4 Å². The fourth-order valence-electron chi connectivity index (χ4n) is 3.14. The number of amides is 1. The number of hydrogen-bond acceptors (Lipinski definition) is 4. The minimum absolute atomic E-state index is 0.0919.